The average Bonchev–Trinajstić information content (AvgIpc) is 0.857. The fourth-order valence-corrected chi connectivity index (χ4v) is 29.6. The number of alkyl halides is 2. The van der Waals surface area contributed by atoms with Crippen LogP contribution in [0.2, 0.25) is 0 Å². The number of ether oxygens (including phenoxy) is 10. The Morgan fingerprint density at radius 1 is 0.433 bits per heavy atom. The summed E-state index contributed by atoms with van der Waals surface area (Å²) in [6.07, 6.45) is 33.6. The van der Waals surface area contributed by atoms with E-state index in [0.717, 1.165) is 53.8 Å². The van der Waals surface area contributed by atoms with E-state index >= 15 is 0 Å². The minimum Gasteiger partial charge on any atom is -0.748 e. The lowest BCUT2D eigenvalue weighted by atomic mass is 9.47. The highest BCUT2D eigenvalue weighted by atomic mass is 32.2. The third-order valence-corrected chi connectivity index (χ3v) is 39.4. The van der Waals surface area contributed by atoms with Gasteiger partial charge in [-0.2, -0.15) is 8.78 Å². The highest BCUT2D eigenvalue weighted by Crippen LogP contribution is 2.65. The smallest absolute Gasteiger partial charge is 0.367 e. The molecule has 2 atom stereocenters. The van der Waals surface area contributed by atoms with E-state index in [9.17, 15) is 82.7 Å². The summed E-state index contributed by atoms with van der Waals surface area (Å²) in [4.78, 5) is 116. The summed E-state index contributed by atoms with van der Waals surface area (Å²) in [5.41, 5.74) is -1.47. The number of hydrogen-bond acceptors (Lipinski definition) is 26. The van der Waals surface area contributed by atoms with Crippen LogP contribution in [0.4, 0.5) is 8.78 Å². The molecule has 762 valence electrons. The lowest BCUT2D eigenvalue weighted by molar-refractivity contribution is -0.231. The van der Waals surface area contributed by atoms with E-state index < -0.39 is 90.7 Å². The van der Waals surface area contributed by atoms with Crippen molar-refractivity contribution in [3.8, 4) is 0 Å². The molecular weight excluding hydrogens is 1810 g/mol. The van der Waals surface area contributed by atoms with Crippen molar-refractivity contribution in [2.75, 3.05) is 66.7 Å². The van der Waals surface area contributed by atoms with E-state index in [2.05, 4.69) is 82.4 Å². The molecule has 20 aliphatic rings. The van der Waals surface area contributed by atoms with Gasteiger partial charge in [-0.3, -0.25) is 14.4 Å². The van der Waals surface area contributed by atoms with E-state index in [1.807, 2.05) is 27.7 Å². The van der Waals surface area contributed by atoms with Crippen LogP contribution in [0, 0.1) is 123 Å². The highest BCUT2D eigenvalue weighted by Gasteiger charge is 2.64. The van der Waals surface area contributed by atoms with E-state index in [0.29, 0.717) is 137 Å². The van der Waals surface area contributed by atoms with Gasteiger partial charge in [-0.15, -0.1) is 0 Å². The van der Waals surface area contributed by atoms with Gasteiger partial charge in [0.05, 0.1) is 45.3 Å². The number of halogens is 2. The minimum absolute atomic E-state index is 0.0335. The number of esters is 10. The zero-order valence-electron chi connectivity index (χ0n) is 83.5. The second-order valence-corrected chi connectivity index (χ2v) is 52.6. The zero-order chi connectivity index (χ0) is 99.6. The zero-order valence-corrected chi connectivity index (χ0v) is 86.7. The van der Waals surface area contributed by atoms with Crippen LogP contribution in [0.25, 0.3) is 0 Å². The lowest BCUT2D eigenvalue weighted by Crippen LogP contribution is -2.63. The molecule has 0 radical (unpaired) electrons. The molecule has 16 saturated carbocycles. The fourth-order valence-electron chi connectivity index (χ4n) is 24.9. The molecule has 0 aromatic heterocycles. The Morgan fingerprint density at radius 3 is 1.01 bits per heavy atom. The molecule has 0 spiro atoms. The third kappa shape index (κ3) is 28.2. The number of carbonyl (C=O) groups excluding carboxylic acids is 10. The van der Waals surface area contributed by atoms with Gasteiger partial charge in [-0.1, -0.05) is 68.2 Å². The average molecular weight is 1970 g/mol. The maximum atomic E-state index is 12.8. The molecule has 20 fully saturated rings. The maximum Gasteiger partial charge on any atom is 0.367 e. The van der Waals surface area contributed by atoms with Crippen LogP contribution in [0.5, 0.6) is 0 Å². The maximum absolute atomic E-state index is 12.8. The molecule has 16 aliphatic carbocycles. The van der Waals surface area contributed by atoms with Gasteiger partial charge >= 0.3 is 64.9 Å². The molecule has 0 aromatic rings. The van der Waals surface area contributed by atoms with Crippen LogP contribution >= 0.6 is 0 Å². The first-order valence-electron chi connectivity index (χ1n) is 49.9. The topological polar surface area (TPSA) is 377 Å². The number of carbonyl (C=O) groups is 10. The third-order valence-electron chi connectivity index (χ3n) is 33.2. The van der Waals surface area contributed by atoms with E-state index in [4.69, 9.17) is 33.2 Å². The van der Waals surface area contributed by atoms with Crippen LogP contribution in [0.15, 0.2) is 36.5 Å². The molecule has 26 nitrogen and oxygen atoms in total. The standard InChI is InChI=1S/C19H32O2.2C17H27O2S.C17H26O2.C10H16O4.C8H16O5S.C8H10O4.C6H8F2O5S/c1-6-18(4,5)17(20)21-19(12(2)3)15-8-13-7-14(10-15)11-16(19)9-13;2*1-17(19-16(18)11-20-4-2-3-5-20)14-7-12-6-13(9-14)10-15(17)8-12;1-10(2)16(18)19-17(11(3)4)14-6-12-5-13(8-14)9-15(17)7-12;1-4-10(2,3)9(12)14-7-5-6-13-8(7)11;1-4-8(2,3)7(9)13-5-6-14(10,11)12;1-5(2)7(9)12-6-3-4-11-8(6)10;1-4(2)5(9)13-3-6(7,8)14(10,11)12/h12-16H,6-11H2,1-5H3;2*12-15H,2-11H2,1H3;11-15H,1,5-9H2,2-4H3;7H,4-6H2,1-3H3;4-6H2,1-3H3,(H,10,11,12);6H,1,3-4H2,2H3;1,3H2,2H3,(H,10,11,12)/q;2*+1;;;;;/p-2. The Labute approximate surface area is 803 Å². The monoisotopic (exact) mass is 1970 g/mol. The van der Waals surface area contributed by atoms with Crippen molar-refractivity contribution >= 4 is 102 Å². The first-order valence-corrected chi connectivity index (χ1v) is 56.3. The summed E-state index contributed by atoms with van der Waals surface area (Å²) >= 11 is 0. The lowest BCUT2D eigenvalue weighted by Gasteiger charge is -2.62. The summed E-state index contributed by atoms with van der Waals surface area (Å²) < 4.78 is 137. The van der Waals surface area contributed by atoms with Crippen molar-refractivity contribution in [2.45, 2.75) is 351 Å². The first kappa shape index (κ1) is 112. The summed E-state index contributed by atoms with van der Waals surface area (Å²) in [6.45, 7) is 43.6. The molecule has 20 rings (SSSR count). The summed E-state index contributed by atoms with van der Waals surface area (Å²) in [7, 11) is -9.43. The predicted molar refractivity (Wildman–Crippen MR) is 506 cm³/mol. The predicted octanol–water partition coefficient (Wildman–Crippen LogP) is 17.5. The second-order valence-electron chi connectivity index (χ2n) is 44.9. The molecule has 0 aromatic carbocycles. The summed E-state index contributed by atoms with van der Waals surface area (Å²) in [5, 5.41) is -4.61. The second kappa shape index (κ2) is 46.4. The van der Waals surface area contributed by atoms with Gasteiger partial charge in [0.15, 0.2) is 16.7 Å². The largest absolute Gasteiger partial charge is 0.748 e. The fraction of sp³-hybridized carbons (Fsp3) is 0.843. The molecule has 2 unspecified atom stereocenters. The quantitative estimate of drug-likeness (QED) is 0.0242. The van der Waals surface area contributed by atoms with Gasteiger partial charge in [0.1, 0.15) is 52.0 Å². The molecule has 0 N–H and O–H groups in total. The van der Waals surface area contributed by atoms with Gasteiger partial charge in [-0.25, -0.2) is 50.4 Å². The number of cyclic esters (lactones) is 2. The van der Waals surface area contributed by atoms with Crippen LogP contribution in [-0.4, -0.2) is 192 Å². The van der Waals surface area contributed by atoms with Crippen LogP contribution < -0.4 is 0 Å². The highest BCUT2D eigenvalue weighted by molar-refractivity contribution is 7.98. The van der Waals surface area contributed by atoms with Crippen LogP contribution in [0.3, 0.4) is 0 Å². The van der Waals surface area contributed by atoms with E-state index in [-0.39, 0.29) is 75.4 Å². The SMILES string of the molecule is C=C(C)C(=O)OC1(C(C)C)C2CC3CC(C2)CC1C3.C=C(C)C(=O)OC1CCOC1=O.C=C(C)C(=O)OCC(F)(F)S(=O)(=O)[O-].CC1(OC(=O)C[S+]2CCCC2)C2CC3CC(C2)CC1C3.CC1(OC(=O)C[S+]2CCCC2)C2CC3CC(C2)CC1C3.CCC(C)(C)C(=O)OC1(C(C)C)C2CC3CC(C2)CC1C3.CCC(C)(C)C(=O)OC1CCOC1=O.CCC(C)(C)C(=O)OCCS(=O)(=O)[O-]. The van der Waals surface area contributed by atoms with Gasteiger partial charge in [0.25, 0.3) is 0 Å². The Morgan fingerprint density at radius 2 is 0.731 bits per heavy atom. The normalized spacial score (nSPS) is 33.5. The van der Waals surface area contributed by atoms with Crippen molar-refractivity contribution < 1.29 is 130 Å². The number of rotatable bonds is 27. The minimum atomic E-state index is -5.81. The molecular formula is C102H160F2O26S4. The first-order chi connectivity index (χ1) is 62.3. The molecule has 32 heteroatoms. The van der Waals surface area contributed by atoms with Crippen molar-refractivity contribution in [3.05, 3.63) is 36.5 Å². The molecule has 16 bridgehead atoms. The Hall–Kier alpha value is -5.70. The van der Waals surface area contributed by atoms with Gasteiger partial charge in [0.2, 0.25) is 23.7 Å². The molecule has 0 amide bonds. The van der Waals surface area contributed by atoms with E-state index in [1.165, 1.54) is 191 Å². The van der Waals surface area contributed by atoms with Gasteiger partial charge in [0, 0.05) is 29.6 Å². The van der Waals surface area contributed by atoms with Crippen LogP contribution in [0.1, 0.15) is 311 Å². The van der Waals surface area contributed by atoms with Gasteiger partial charge < -0.3 is 56.5 Å². The van der Waals surface area contributed by atoms with Crippen molar-refractivity contribution in [3.63, 3.8) is 0 Å². The Balaban J connectivity index is 0.000000173. The summed E-state index contributed by atoms with van der Waals surface area (Å²) in [6, 6.07) is 0. The van der Waals surface area contributed by atoms with Gasteiger partial charge in [-0.05, 0) is 378 Å². The summed E-state index contributed by atoms with van der Waals surface area (Å²) in [5.74, 6) is 15.8. The molecule has 134 heavy (non-hydrogen) atoms. The molecule has 4 aliphatic heterocycles. The van der Waals surface area contributed by atoms with Crippen LogP contribution in [-0.2, 0) is 137 Å². The van der Waals surface area contributed by atoms with Crippen molar-refractivity contribution in [1.82, 2.24) is 0 Å². The van der Waals surface area contributed by atoms with E-state index in [1.54, 1.807) is 34.6 Å². The van der Waals surface area contributed by atoms with Crippen molar-refractivity contribution in [2.24, 2.45) is 123 Å². The molecule has 4 heterocycles. The Bertz CT molecular complexity index is 4190. The molecule has 4 saturated heterocycles. The number of hydrogen-bond donors (Lipinski definition) is 0. The Kier molecular flexibility index (Phi) is 38.7. The van der Waals surface area contributed by atoms with Crippen molar-refractivity contribution in [1.29, 1.82) is 0 Å².